The second kappa shape index (κ2) is 19.7. The molecule has 4 saturated carbocycles. The number of hydrazone groups is 1. The minimum Gasteiger partial charge on any atom is -0.507 e. The highest BCUT2D eigenvalue weighted by Crippen LogP contribution is 2.59. The van der Waals surface area contributed by atoms with Gasteiger partial charge in [-0.25, -0.2) is 0 Å². The molecule has 0 radical (unpaired) electrons. The zero-order valence-corrected chi connectivity index (χ0v) is 41.6. The summed E-state index contributed by atoms with van der Waals surface area (Å²) in [5.74, 6) is -6.60. The van der Waals surface area contributed by atoms with Crippen molar-refractivity contribution in [1.82, 2.24) is 5.01 Å². The average molecular weight is 964 g/mol. The normalized spacial score (nSPS) is 33.4. The number of aliphatic hydroxyl groups excluding tert-OH is 2. The first-order chi connectivity index (χ1) is 33.2. The Hall–Kier alpha value is -5.90. The standard InChI is InChI=1S/C55H69N3O12/c1-28-14-13-15-29(2)53(66)57-44-39(26-56-58(27-35-16-11-10-12-17-35)55-23-36-20-37(24-55)22-38(21-36)25-55)48(63)41-42(49(44)64)47(62)33(6)51-43(41)52(65)54(8,70-51)68-19-18-40(67-9)30(3)50(69-34(7)59)32(5)46(61)31(4)45(28)60/h10-19,26,28,30-32,36-38,40,45-46,50,60-64H,20-25,27H2,1-9H3,(H,57,66)/t28-,30-,31-,32-,36?,37?,38?,40+,45-,46-,50+,54-,55?/m0/s1. The summed E-state index contributed by atoms with van der Waals surface area (Å²) in [6, 6.07) is 10.0. The molecule has 376 valence electrons. The van der Waals surface area contributed by atoms with Crippen LogP contribution in [0, 0.1) is 48.3 Å². The molecule has 3 heterocycles. The zero-order chi connectivity index (χ0) is 50.6. The summed E-state index contributed by atoms with van der Waals surface area (Å²) in [4.78, 5) is 41.5. The monoisotopic (exact) mass is 963 g/mol. The number of allylic oxidation sites excluding steroid dienone is 2. The van der Waals surface area contributed by atoms with Crippen molar-refractivity contribution in [3.63, 3.8) is 0 Å². The van der Waals surface area contributed by atoms with E-state index in [-0.39, 0.29) is 50.0 Å². The minimum absolute atomic E-state index is 0.0637. The number of esters is 1. The van der Waals surface area contributed by atoms with E-state index >= 15 is 0 Å². The fourth-order valence-corrected chi connectivity index (χ4v) is 12.5. The third kappa shape index (κ3) is 9.27. The number of nitrogens with zero attached hydrogens (tertiary/aromatic N) is 2. The molecule has 10 rings (SSSR count). The van der Waals surface area contributed by atoms with Crippen molar-refractivity contribution in [2.24, 2.45) is 46.5 Å². The number of aromatic hydroxyl groups is 3. The lowest BCUT2D eigenvalue weighted by molar-refractivity contribution is -0.160. The molecule has 7 aliphatic rings. The van der Waals surface area contributed by atoms with E-state index in [0.717, 1.165) is 24.8 Å². The van der Waals surface area contributed by atoms with Gasteiger partial charge in [0.05, 0.1) is 65.1 Å². The molecule has 9 bridgehead atoms. The Morgan fingerprint density at radius 1 is 0.886 bits per heavy atom. The van der Waals surface area contributed by atoms with Crippen LogP contribution in [0.25, 0.3) is 10.8 Å². The van der Waals surface area contributed by atoms with Crippen LogP contribution >= 0.6 is 0 Å². The molecule has 3 aromatic rings. The fourth-order valence-electron chi connectivity index (χ4n) is 12.5. The zero-order valence-electron chi connectivity index (χ0n) is 41.6. The van der Waals surface area contributed by atoms with Gasteiger partial charge in [0.25, 0.3) is 11.7 Å². The topological polar surface area (TPSA) is 217 Å². The summed E-state index contributed by atoms with van der Waals surface area (Å²) in [5, 5.41) is 69.6. The fraction of sp³-hybridized carbons (Fsp3) is 0.527. The Balaban J connectivity index is 1.29. The number of carbonyl (C=O) groups excluding carboxylic acids is 3. The Kier molecular flexibility index (Phi) is 14.2. The maximum Gasteiger partial charge on any atom is 0.312 e. The van der Waals surface area contributed by atoms with Gasteiger partial charge in [-0.2, -0.15) is 5.10 Å². The molecule has 1 amide bonds. The summed E-state index contributed by atoms with van der Waals surface area (Å²) in [6.45, 7) is 13.1. The SMILES string of the molecule is CO[C@@H]1C=CO[C@@]2(C)Oc3c(C)c(O)c4c(O)c(c(C=NN(Cc5ccccc5)C56CC7CC(CC(C7)C5)C6)c(O)c4c3C2=O)NC(=O)C(C)=CC=C[C@H](C)[C@H](O)[C@H](C)[C@H](O)[C@H](C)[C@H](OC(C)=O)[C@H]1C. The Morgan fingerprint density at radius 3 is 2.14 bits per heavy atom. The molecule has 15 nitrogen and oxygen atoms in total. The number of amides is 1. The maximum absolute atomic E-state index is 14.8. The molecule has 4 fully saturated rings. The maximum atomic E-state index is 14.8. The van der Waals surface area contributed by atoms with Crippen LogP contribution < -0.4 is 10.1 Å². The minimum atomic E-state index is -2.07. The molecule has 0 saturated heterocycles. The summed E-state index contributed by atoms with van der Waals surface area (Å²) in [7, 11) is 1.45. The summed E-state index contributed by atoms with van der Waals surface area (Å²) in [6.07, 6.45) is 11.6. The number of methoxy groups -OCH3 is 1. The number of Topliss-reactive ketones (excluding diaryl/α,β-unsaturated/α-hetero) is 1. The first-order valence-electron chi connectivity index (χ1n) is 24.6. The number of ketones is 1. The number of nitrogens with one attached hydrogen (secondary N) is 1. The van der Waals surface area contributed by atoms with Crippen molar-refractivity contribution in [2.75, 3.05) is 12.4 Å². The lowest BCUT2D eigenvalue weighted by Gasteiger charge is -2.59. The highest BCUT2D eigenvalue weighted by atomic mass is 16.7. The van der Waals surface area contributed by atoms with Gasteiger partial charge in [-0.1, -0.05) is 76.3 Å². The van der Waals surface area contributed by atoms with Crippen molar-refractivity contribution in [1.29, 1.82) is 0 Å². The molecule has 70 heavy (non-hydrogen) atoms. The Labute approximate surface area is 409 Å². The van der Waals surface area contributed by atoms with Crippen molar-refractivity contribution < 1.29 is 58.9 Å². The largest absolute Gasteiger partial charge is 0.507 e. The van der Waals surface area contributed by atoms with Crippen LogP contribution in [0.15, 0.2) is 71.6 Å². The van der Waals surface area contributed by atoms with Crippen LogP contribution in [0.4, 0.5) is 5.69 Å². The van der Waals surface area contributed by atoms with Crippen LogP contribution in [0.1, 0.15) is 114 Å². The number of hydrogen-bond acceptors (Lipinski definition) is 14. The molecule has 0 aromatic heterocycles. The van der Waals surface area contributed by atoms with E-state index in [1.165, 1.54) is 71.8 Å². The third-order valence-corrected chi connectivity index (χ3v) is 16.1. The number of anilines is 1. The molecule has 0 spiro atoms. The van der Waals surface area contributed by atoms with Gasteiger partial charge in [0.1, 0.15) is 23.4 Å². The number of rotatable bonds is 7. The predicted molar refractivity (Wildman–Crippen MR) is 264 cm³/mol. The quantitative estimate of drug-likeness (QED) is 0.0431. The second-order valence-corrected chi connectivity index (χ2v) is 21.0. The van der Waals surface area contributed by atoms with E-state index in [9.17, 15) is 39.9 Å². The van der Waals surface area contributed by atoms with E-state index in [1.807, 2.05) is 30.3 Å². The average Bonchev–Trinajstić information content (AvgIpc) is 3.58. The van der Waals surface area contributed by atoms with Gasteiger partial charge in [-0.3, -0.25) is 19.4 Å². The summed E-state index contributed by atoms with van der Waals surface area (Å²) >= 11 is 0. The lowest BCUT2D eigenvalue weighted by atomic mass is 9.52. The van der Waals surface area contributed by atoms with Gasteiger partial charge in [0, 0.05) is 61.2 Å². The van der Waals surface area contributed by atoms with Gasteiger partial charge < -0.3 is 49.8 Å². The van der Waals surface area contributed by atoms with Crippen LogP contribution in [0.2, 0.25) is 0 Å². The Bertz CT molecular complexity index is 2610. The molecule has 6 N–H and O–H groups in total. The molecule has 3 aliphatic heterocycles. The number of phenolic OH excluding ortho intramolecular Hbond substituents is 3. The molecule has 4 aliphatic carbocycles. The van der Waals surface area contributed by atoms with E-state index in [0.29, 0.717) is 24.3 Å². The van der Waals surface area contributed by atoms with Crippen molar-refractivity contribution >= 4 is 40.3 Å². The van der Waals surface area contributed by atoms with Crippen LogP contribution in [0.3, 0.4) is 0 Å². The number of ether oxygens (including phenoxy) is 4. The number of benzene rings is 3. The number of carbonyl (C=O) groups is 3. The van der Waals surface area contributed by atoms with Gasteiger partial charge in [0.2, 0.25) is 0 Å². The van der Waals surface area contributed by atoms with Crippen LogP contribution in [-0.2, 0) is 30.3 Å². The molecule has 9 atom stereocenters. The van der Waals surface area contributed by atoms with E-state index in [4.69, 9.17) is 24.0 Å². The van der Waals surface area contributed by atoms with Gasteiger partial charge in [-0.15, -0.1) is 0 Å². The number of aliphatic hydroxyl groups is 2. The highest BCUT2D eigenvalue weighted by Gasteiger charge is 2.54. The van der Waals surface area contributed by atoms with Crippen molar-refractivity contribution in [3.8, 4) is 23.0 Å². The van der Waals surface area contributed by atoms with Crippen molar-refractivity contribution in [3.05, 3.63) is 88.7 Å². The molecule has 0 unspecified atom stereocenters. The third-order valence-electron chi connectivity index (χ3n) is 16.1. The van der Waals surface area contributed by atoms with E-state index in [2.05, 4.69) is 10.3 Å². The van der Waals surface area contributed by atoms with Crippen LogP contribution in [-0.4, -0.2) is 97.3 Å². The predicted octanol–water partition coefficient (Wildman–Crippen LogP) is 8.56. The van der Waals surface area contributed by atoms with Gasteiger partial charge in [0.15, 0.2) is 5.75 Å². The molecule has 3 aromatic carbocycles. The number of hydrogen-bond donors (Lipinski definition) is 6. The first kappa shape index (κ1) is 50.5. The first-order valence-corrected chi connectivity index (χ1v) is 24.6. The van der Waals surface area contributed by atoms with Crippen molar-refractivity contribution in [2.45, 2.75) is 136 Å². The number of phenols is 3. The molecule has 15 heteroatoms. The van der Waals surface area contributed by atoms with Gasteiger partial charge in [-0.05, 0) is 81.8 Å². The second-order valence-electron chi connectivity index (χ2n) is 21.0. The van der Waals surface area contributed by atoms with E-state index < -0.39 is 88.8 Å². The highest BCUT2D eigenvalue weighted by molar-refractivity contribution is 6.23. The van der Waals surface area contributed by atoms with E-state index in [1.54, 1.807) is 46.8 Å². The van der Waals surface area contributed by atoms with Crippen LogP contribution in [0.5, 0.6) is 23.0 Å². The van der Waals surface area contributed by atoms with Gasteiger partial charge >= 0.3 is 11.8 Å². The Morgan fingerprint density at radius 2 is 1.53 bits per heavy atom. The number of fused-ring (bicyclic) bond motifs is 14. The summed E-state index contributed by atoms with van der Waals surface area (Å²) in [5.41, 5.74) is 0.492. The smallest absolute Gasteiger partial charge is 0.312 e. The molecular formula is C55H69N3O12. The lowest BCUT2D eigenvalue weighted by Crippen LogP contribution is -2.58. The molecular weight excluding hydrogens is 895 g/mol. The summed E-state index contributed by atoms with van der Waals surface area (Å²) < 4.78 is 24.0.